The molecule has 0 radical (unpaired) electrons. The molecule has 2 heteroatoms. The minimum atomic E-state index is -0.910. The van der Waals surface area contributed by atoms with Crippen LogP contribution in [0.4, 0.5) is 0 Å². The molecule has 0 unspecified atom stereocenters. The lowest BCUT2D eigenvalue weighted by atomic mass is 9.96. The number of aliphatic hydroxyl groups excluding tert-OH is 1. The van der Waals surface area contributed by atoms with Crippen molar-refractivity contribution in [3.05, 3.63) is 35.9 Å². The number of aliphatic hydroxyl groups is 1. The van der Waals surface area contributed by atoms with Crippen LogP contribution in [0.5, 0.6) is 0 Å². The van der Waals surface area contributed by atoms with Crippen molar-refractivity contribution in [2.24, 2.45) is 0 Å². The fourth-order valence-corrected chi connectivity index (χ4v) is 1.05. The Labute approximate surface area is 72.1 Å². The number of rotatable bonds is 2. The summed E-state index contributed by atoms with van der Waals surface area (Å²) < 4.78 is 0. The molecule has 0 aromatic heterocycles. The lowest BCUT2D eigenvalue weighted by molar-refractivity contribution is 0.204. The van der Waals surface area contributed by atoms with E-state index in [9.17, 15) is 5.11 Å². The van der Waals surface area contributed by atoms with E-state index in [-0.39, 0.29) is 5.92 Å². The Morgan fingerprint density at radius 3 is 2.42 bits per heavy atom. The second-order valence-electron chi connectivity index (χ2n) is 2.77. The summed E-state index contributed by atoms with van der Waals surface area (Å²) in [5.41, 5.74) is 0.992. The molecule has 0 aliphatic heterocycles. The average molecular weight is 161 g/mol. The van der Waals surface area contributed by atoms with Crippen molar-refractivity contribution in [1.29, 1.82) is 5.26 Å². The van der Waals surface area contributed by atoms with E-state index in [0.29, 0.717) is 0 Å². The van der Waals surface area contributed by atoms with E-state index >= 15 is 0 Å². The van der Waals surface area contributed by atoms with Gasteiger partial charge in [-0.25, -0.2) is 0 Å². The minimum Gasteiger partial charge on any atom is -0.378 e. The summed E-state index contributed by atoms with van der Waals surface area (Å²) in [6.07, 6.45) is -0.910. The molecule has 0 saturated heterocycles. The first kappa shape index (κ1) is 8.76. The minimum absolute atomic E-state index is 0.115. The van der Waals surface area contributed by atoms with Gasteiger partial charge in [-0.3, -0.25) is 0 Å². The number of nitriles is 1. The monoisotopic (exact) mass is 161 g/mol. The van der Waals surface area contributed by atoms with Gasteiger partial charge in [-0.05, 0) is 5.56 Å². The topological polar surface area (TPSA) is 44.0 Å². The third-order valence-corrected chi connectivity index (χ3v) is 1.93. The molecule has 62 valence electrons. The van der Waals surface area contributed by atoms with E-state index in [2.05, 4.69) is 0 Å². The van der Waals surface area contributed by atoms with Crippen LogP contribution in [-0.4, -0.2) is 11.2 Å². The first-order chi connectivity index (χ1) is 5.75. The molecule has 2 atom stereocenters. The predicted octanol–water partition coefficient (Wildman–Crippen LogP) is 1.67. The number of hydrogen-bond acceptors (Lipinski definition) is 2. The standard InChI is InChI=1S/C10H11NO/c1-8(10(12)7-11)9-5-3-2-4-6-9/h2-6,8,10,12H,1H3/t8-,10+/m1/s1. The van der Waals surface area contributed by atoms with Crippen LogP contribution in [0.1, 0.15) is 18.4 Å². The third kappa shape index (κ3) is 1.84. The molecular formula is C10H11NO. The van der Waals surface area contributed by atoms with Crippen molar-refractivity contribution in [3.63, 3.8) is 0 Å². The molecule has 0 bridgehead atoms. The molecule has 0 aliphatic rings. The summed E-state index contributed by atoms with van der Waals surface area (Å²) in [6.45, 7) is 1.84. The Hall–Kier alpha value is -1.33. The van der Waals surface area contributed by atoms with E-state index < -0.39 is 6.10 Å². The lowest BCUT2D eigenvalue weighted by Crippen LogP contribution is -2.12. The van der Waals surface area contributed by atoms with Gasteiger partial charge in [-0.1, -0.05) is 37.3 Å². The fourth-order valence-electron chi connectivity index (χ4n) is 1.05. The molecular weight excluding hydrogens is 150 g/mol. The van der Waals surface area contributed by atoms with Crippen LogP contribution in [0.15, 0.2) is 30.3 Å². The van der Waals surface area contributed by atoms with Crippen molar-refractivity contribution < 1.29 is 5.11 Å². The van der Waals surface area contributed by atoms with Gasteiger partial charge in [0.1, 0.15) is 6.10 Å². The van der Waals surface area contributed by atoms with Gasteiger partial charge in [-0.2, -0.15) is 5.26 Å². The third-order valence-electron chi connectivity index (χ3n) is 1.93. The molecule has 0 fully saturated rings. The van der Waals surface area contributed by atoms with Gasteiger partial charge in [0.2, 0.25) is 0 Å². The van der Waals surface area contributed by atoms with Crippen molar-refractivity contribution in [3.8, 4) is 6.07 Å². The Bertz CT molecular complexity index is 276. The Morgan fingerprint density at radius 2 is 1.92 bits per heavy atom. The first-order valence-corrected chi connectivity index (χ1v) is 3.88. The van der Waals surface area contributed by atoms with E-state index in [1.54, 1.807) is 0 Å². The van der Waals surface area contributed by atoms with Crippen LogP contribution in [-0.2, 0) is 0 Å². The maximum absolute atomic E-state index is 9.22. The molecule has 0 heterocycles. The van der Waals surface area contributed by atoms with E-state index in [0.717, 1.165) is 5.56 Å². The summed E-state index contributed by atoms with van der Waals surface area (Å²) in [5.74, 6) is -0.115. The molecule has 1 aromatic rings. The highest BCUT2D eigenvalue weighted by atomic mass is 16.3. The number of hydrogen-bond donors (Lipinski definition) is 1. The zero-order valence-electron chi connectivity index (χ0n) is 6.94. The highest BCUT2D eigenvalue weighted by Gasteiger charge is 2.14. The van der Waals surface area contributed by atoms with E-state index in [1.165, 1.54) is 0 Å². The molecule has 0 amide bonds. The summed E-state index contributed by atoms with van der Waals surface area (Å²) in [5, 5.41) is 17.7. The van der Waals surface area contributed by atoms with Crippen molar-refractivity contribution >= 4 is 0 Å². The van der Waals surface area contributed by atoms with Crippen LogP contribution in [0.3, 0.4) is 0 Å². The van der Waals surface area contributed by atoms with Gasteiger partial charge in [0.15, 0.2) is 0 Å². The maximum Gasteiger partial charge on any atom is 0.147 e. The summed E-state index contributed by atoms with van der Waals surface area (Å²) in [7, 11) is 0. The summed E-state index contributed by atoms with van der Waals surface area (Å²) in [6, 6.07) is 11.3. The van der Waals surface area contributed by atoms with Gasteiger partial charge in [0, 0.05) is 5.92 Å². The zero-order valence-corrected chi connectivity index (χ0v) is 6.94. The van der Waals surface area contributed by atoms with Crippen LogP contribution in [0.2, 0.25) is 0 Å². The Morgan fingerprint density at radius 1 is 1.33 bits per heavy atom. The fraction of sp³-hybridized carbons (Fsp3) is 0.300. The van der Waals surface area contributed by atoms with Crippen LogP contribution < -0.4 is 0 Å². The average Bonchev–Trinajstić information content (AvgIpc) is 2.17. The van der Waals surface area contributed by atoms with E-state index in [4.69, 9.17) is 5.26 Å². The predicted molar refractivity (Wildman–Crippen MR) is 46.5 cm³/mol. The van der Waals surface area contributed by atoms with Crippen LogP contribution in [0.25, 0.3) is 0 Å². The molecule has 1 N–H and O–H groups in total. The van der Waals surface area contributed by atoms with Crippen molar-refractivity contribution in [2.45, 2.75) is 18.9 Å². The second kappa shape index (κ2) is 3.89. The summed E-state index contributed by atoms with van der Waals surface area (Å²) >= 11 is 0. The molecule has 0 spiro atoms. The molecule has 0 aliphatic carbocycles. The van der Waals surface area contributed by atoms with Gasteiger partial charge >= 0.3 is 0 Å². The molecule has 2 nitrogen and oxygen atoms in total. The van der Waals surface area contributed by atoms with Gasteiger partial charge in [0.05, 0.1) is 6.07 Å². The number of nitrogens with zero attached hydrogens (tertiary/aromatic N) is 1. The van der Waals surface area contributed by atoms with Gasteiger partial charge in [0.25, 0.3) is 0 Å². The Balaban J connectivity index is 2.80. The number of benzene rings is 1. The van der Waals surface area contributed by atoms with Crippen molar-refractivity contribution in [1.82, 2.24) is 0 Å². The normalized spacial score (nSPS) is 14.8. The van der Waals surface area contributed by atoms with Crippen molar-refractivity contribution in [2.75, 3.05) is 0 Å². The zero-order chi connectivity index (χ0) is 8.97. The maximum atomic E-state index is 9.22. The highest BCUT2D eigenvalue weighted by molar-refractivity contribution is 5.21. The smallest absolute Gasteiger partial charge is 0.147 e. The van der Waals surface area contributed by atoms with Crippen LogP contribution in [0, 0.1) is 11.3 Å². The lowest BCUT2D eigenvalue weighted by Gasteiger charge is -2.11. The second-order valence-corrected chi connectivity index (χ2v) is 2.77. The first-order valence-electron chi connectivity index (χ1n) is 3.88. The van der Waals surface area contributed by atoms with Gasteiger partial charge in [-0.15, -0.1) is 0 Å². The SMILES string of the molecule is C[C@H](c1ccccc1)[C@@H](O)C#N. The molecule has 1 aromatic carbocycles. The largest absolute Gasteiger partial charge is 0.378 e. The van der Waals surface area contributed by atoms with Gasteiger partial charge < -0.3 is 5.11 Å². The molecule has 12 heavy (non-hydrogen) atoms. The quantitative estimate of drug-likeness (QED) is 0.670. The highest BCUT2D eigenvalue weighted by Crippen LogP contribution is 2.17. The molecule has 0 saturated carbocycles. The van der Waals surface area contributed by atoms with Crippen LogP contribution >= 0.6 is 0 Å². The Kier molecular flexibility index (Phi) is 2.84. The summed E-state index contributed by atoms with van der Waals surface area (Å²) in [4.78, 5) is 0. The van der Waals surface area contributed by atoms with E-state index in [1.807, 2.05) is 43.3 Å². The molecule has 1 rings (SSSR count).